The molecule has 1 heterocycles. The average Bonchev–Trinajstić information content (AvgIpc) is 2.49. The fourth-order valence-electron chi connectivity index (χ4n) is 1.76. The predicted octanol–water partition coefficient (Wildman–Crippen LogP) is 3.13. The van der Waals surface area contributed by atoms with E-state index < -0.39 is 0 Å². The molecule has 0 aromatic carbocycles. The molecule has 0 radical (unpaired) electrons. The van der Waals surface area contributed by atoms with Crippen molar-refractivity contribution in [2.45, 2.75) is 51.9 Å². The van der Waals surface area contributed by atoms with Crippen molar-refractivity contribution in [2.24, 2.45) is 5.92 Å². The minimum Gasteiger partial charge on any atom is -0.353 e. The molecule has 0 aromatic heterocycles. The molecular formula is C12H22O2. The van der Waals surface area contributed by atoms with Crippen LogP contribution >= 0.6 is 0 Å². The highest BCUT2D eigenvalue weighted by atomic mass is 16.7. The van der Waals surface area contributed by atoms with Crippen molar-refractivity contribution in [2.75, 3.05) is 6.61 Å². The fraction of sp³-hybridized carbons (Fsp3) is 0.833. The lowest BCUT2D eigenvalue weighted by Crippen LogP contribution is -2.15. The fourth-order valence-corrected chi connectivity index (χ4v) is 1.76. The standard InChI is InChI=1S/C12H22O2/c1-4-6-8-13-12-9-10(3)11(14-12)7-5-2/h5,10-12H,2,4,6-9H2,1,3H3/t10-,11+,12?/m1/s1. The first-order valence-electron chi connectivity index (χ1n) is 5.65. The maximum Gasteiger partial charge on any atom is 0.158 e. The molecule has 0 saturated carbocycles. The van der Waals surface area contributed by atoms with E-state index in [9.17, 15) is 0 Å². The van der Waals surface area contributed by atoms with Crippen LogP contribution in [0.25, 0.3) is 0 Å². The van der Waals surface area contributed by atoms with Crippen LogP contribution in [0.2, 0.25) is 0 Å². The van der Waals surface area contributed by atoms with Gasteiger partial charge in [0, 0.05) is 13.0 Å². The molecule has 82 valence electrons. The molecule has 0 aromatic rings. The van der Waals surface area contributed by atoms with Crippen molar-refractivity contribution in [1.82, 2.24) is 0 Å². The number of ether oxygens (including phenoxy) is 2. The smallest absolute Gasteiger partial charge is 0.158 e. The third-order valence-corrected chi connectivity index (χ3v) is 2.73. The van der Waals surface area contributed by atoms with Gasteiger partial charge in [0.1, 0.15) is 0 Å². The Hall–Kier alpha value is -0.340. The van der Waals surface area contributed by atoms with Gasteiger partial charge in [-0.25, -0.2) is 0 Å². The summed E-state index contributed by atoms with van der Waals surface area (Å²) in [7, 11) is 0. The summed E-state index contributed by atoms with van der Waals surface area (Å²) in [5, 5.41) is 0. The minimum atomic E-state index is 0.0292. The van der Waals surface area contributed by atoms with Crippen LogP contribution in [0.3, 0.4) is 0 Å². The topological polar surface area (TPSA) is 18.5 Å². The molecule has 1 rings (SSSR count). The third-order valence-electron chi connectivity index (χ3n) is 2.73. The molecule has 0 aliphatic carbocycles. The molecule has 0 bridgehead atoms. The van der Waals surface area contributed by atoms with E-state index in [1.165, 1.54) is 6.42 Å². The molecule has 1 fully saturated rings. The largest absolute Gasteiger partial charge is 0.353 e. The van der Waals surface area contributed by atoms with E-state index in [-0.39, 0.29) is 6.29 Å². The van der Waals surface area contributed by atoms with Crippen LogP contribution in [0.15, 0.2) is 12.7 Å². The maximum atomic E-state index is 5.77. The van der Waals surface area contributed by atoms with Crippen LogP contribution in [0.4, 0.5) is 0 Å². The Morgan fingerprint density at radius 2 is 2.36 bits per heavy atom. The van der Waals surface area contributed by atoms with Crippen LogP contribution in [-0.4, -0.2) is 19.0 Å². The Morgan fingerprint density at radius 1 is 1.57 bits per heavy atom. The molecule has 14 heavy (non-hydrogen) atoms. The lowest BCUT2D eigenvalue weighted by molar-refractivity contribution is -0.133. The van der Waals surface area contributed by atoms with E-state index in [0.29, 0.717) is 12.0 Å². The Morgan fingerprint density at radius 3 is 3.00 bits per heavy atom. The van der Waals surface area contributed by atoms with Gasteiger partial charge in [-0.1, -0.05) is 26.3 Å². The second-order valence-corrected chi connectivity index (χ2v) is 4.07. The van der Waals surface area contributed by atoms with Gasteiger partial charge in [0.05, 0.1) is 6.10 Å². The first-order valence-corrected chi connectivity index (χ1v) is 5.65. The van der Waals surface area contributed by atoms with Crippen LogP contribution < -0.4 is 0 Å². The molecule has 2 nitrogen and oxygen atoms in total. The molecule has 1 aliphatic rings. The molecule has 1 saturated heterocycles. The summed E-state index contributed by atoms with van der Waals surface area (Å²) in [5.74, 6) is 0.597. The van der Waals surface area contributed by atoms with E-state index in [1.54, 1.807) is 0 Å². The van der Waals surface area contributed by atoms with E-state index >= 15 is 0 Å². The lowest BCUT2D eigenvalue weighted by atomic mass is 10.0. The summed E-state index contributed by atoms with van der Waals surface area (Å²) < 4.78 is 11.4. The summed E-state index contributed by atoms with van der Waals surface area (Å²) in [4.78, 5) is 0. The van der Waals surface area contributed by atoms with Gasteiger partial charge >= 0.3 is 0 Å². The van der Waals surface area contributed by atoms with Gasteiger partial charge in [0.15, 0.2) is 6.29 Å². The summed E-state index contributed by atoms with van der Waals surface area (Å²) in [6, 6.07) is 0. The van der Waals surface area contributed by atoms with Crippen LogP contribution in [0.1, 0.15) is 39.5 Å². The summed E-state index contributed by atoms with van der Waals surface area (Å²) in [5.41, 5.74) is 0. The monoisotopic (exact) mass is 198 g/mol. The summed E-state index contributed by atoms with van der Waals surface area (Å²) in [6.07, 6.45) is 6.55. The summed E-state index contributed by atoms with van der Waals surface area (Å²) in [6.45, 7) is 8.95. The number of rotatable bonds is 6. The second-order valence-electron chi connectivity index (χ2n) is 4.07. The Balaban J connectivity index is 2.20. The molecule has 1 aliphatic heterocycles. The molecule has 0 amide bonds. The first kappa shape index (κ1) is 11.7. The van der Waals surface area contributed by atoms with Crippen LogP contribution in [-0.2, 0) is 9.47 Å². The Bertz CT molecular complexity index is 168. The SMILES string of the molecule is C=CC[C@@H]1OC(OCCCC)C[C@H]1C. The van der Waals surface area contributed by atoms with Gasteiger partial charge in [0.25, 0.3) is 0 Å². The maximum absolute atomic E-state index is 5.77. The molecule has 0 N–H and O–H groups in total. The van der Waals surface area contributed by atoms with Crippen molar-refractivity contribution in [3.8, 4) is 0 Å². The average molecular weight is 198 g/mol. The zero-order valence-electron chi connectivity index (χ0n) is 9.37. The Labute approximate surface area is 87.3 Å². The van der Waals surface area contributed by atoms with Gasteiger partial charge in [0.2, 0.25) is 0 Å². The van der Waals surface area contributed by atoms with Crippen LogP contribution in [0.5, 0.6) is 0 Å². The van der Waals surface area contributed by atoms with Gasteiger partial charge in [-0.3, -0.25) is 0 Å². The number of unbranched alkanes of at least 4 members (excludes halogenated alkanes) is 1. The molecule has 1 unspecified atom stereocenters. The Kier molecular flexibility index (Phi) is 5.20. The van der Waals surface area contributed by atoms with E-state index in [0.717, 1.165) is 25.9 Å². The predicted molar refractivity (Wildman–Crippen MR) is 58.1 cm³/mol. The van der Waals surface area contributed by atoms with Gasteiger partial charge in [-0.15, -0.1) is 6.58 Å². The van der Waals surface area contributed by atoms with Gasteiger partial charge in [-0.05, 0) is 18.8 Å². The number of hydrogen-bond donors (Lipinski definition) is 0. The molecule has 2 heteroatoms. The zero-order chi connectivity index (χ0) is 10.4. The lowest BCUT2D eigenvalue weighted by Gasteiger charge is -2.13. The minimum absolute atomic E-state index is 0.0292. The van der Waals surface area contributed by atoms with Crippen molar-refractivity contribution in [3.63, 3.8) is 0 Å². The highest BCUT2D eigenvalue weighted by Crippen LogP contribution is 2.29. The molecule has 0 spiro atoms. The molecular weight excluding hydrogens is 176 g/mol. The van der Waals surface area contributed by atoms with E-state index in [4.69, 9.17) is 9.47 Å². The van der Waals surface area contributed by atoms with Crippen molar-refractivity contribution >= 4 is 0 Å². The van der Waals surface area contributed by atoms with Crippen molar-refractivity contribution in [3.05, 3.63) is 12.7 Å². The second kappa shape index (κ2) is 6.20. The molecule has 3 atom stereocenters. The van der Waals surface area contributed by atoms with Gasteiger partial charge < -0.3 is 9.47 Å². The number of hydrogen-bond acceptors (Lipinski definition) is 2. The van der Waals surface area contributed by atoms with E-state index in [2.05, 4.69) is 20.4 Å². The third kappa shape index (κ3) is 3.43. The first-order chi connectivity index (χ1) is 6.77. The van der Waals surface area contributed by atoms with Crippen molar-refractivity contribution in [1.29, 1.82) is 0 Å². The van der Waals surface area contributed by atoms with Crippen molar-refractivity contribution < 1.29 is 9.47 Å². The normalized spacial score (nSPS) is 32.0. The van der Waals surface area contributed by atoms with Gasteiger partial charge in [-0.2, -0.15) is 0 Å². The highest BCUT2D eigenvalue weighted by Gasteiger charge is 2.31. The van der Waals surface area contributed by atoms with E-state index in [1.807, 2.05) is 6.08 Å². The zero-order valence-corrected chi connectivity index (χ0v) is 9.37. The quantitative estimate of drug-likeness (QED) is 0.482. The summed E-state index contributed by atoms with van der Waals surface area (Å²) >= 11 is 0. The highest BCUT2D eigenvalue weighted by molar-refractivity contribution is 4.82. The van der Waals surface area contributed by atoms with Crippen LogP contribution in [0, 0.1) is 5.92 Å².